The van der Waals surface area contributed by atoms with Gasteiger partial charge in [0.05, 0.1) is 12.2 Å². The first-order valence-corrected chi connectivity index (χ1v) is 20.2. The van der Waals surface area contributed by atoms with Gasteiger partial charge < -0.3 is 20.4 Å². The fourth-order valence-electron chi connectivity index (χ4n) is 14.9. The molecule has 0 aromatic carbocycles. The molecular weight excluding hydrogens is 694 g/mol. The number of Topliss-reactive ketones (excluding diaryl/α,β-unsaturated/α-hetero) is 2. The van der Waals surface area contributed by atoms with Crippen LogP contribution in [0.4, 0.5) is 8.78 Å². The van der Waals surface area contributed by atoms with Crippen LogP contribution in [0, 0.1) is 57.2 Å². The molecule has 8 rings (SSSR count). The van der Waals surface area contributed by atoms with Gasteiger partial charge in [-0.3, -0.25) is 19.2 Å². The van der Waals surface area contributed by atoms with Gasteiger partial charge in [-0.1, -0.05) is 51.0 Å². The van der Waals surface area contributed by atoms with Crippen LogP contribution in [0.15, 0.2) is 47.6 Å². The van der Waals surface area contributed by atoms with Crippen molar-refractivity contribution in [3.63, 3.8) is 0 Å². The molecule has 0 heterocycles. The molecule has 0 aliphatic heterocycles. The van der Waals surface area contributed by atoms with Crippen LogP contribution in [0.25, 0.3) is 0 Å². The quantitative estimate of drug-likeness (QED) is 0.284. The number of fused-ring (bicyclic) bond motifs is 10. The van der Waals surface area contributed by atoms with Gasteiger partial charge in [0, 0.05) is 46.3 Å². The number of rotatable bonds is 5. The van der Waals surface area contributed by atoms with E-state index >= 15 is 8.78 Å². The lowest BCUT2D eigenvalue weighted by Crippen LogP contribution is -2.69. The highest BCUT2D eigenvalue weighted by molar-refractivity contribution is 6.02. The molecule has 4 unspecified atom stereocenters. The summed E-state index contributed by atoms with van der Waals surface area (Å²) >= 11 is 0. The van der Waals surface area contributed by atoms with E-state index in [1.807, 2.05) is 0 Å². The Hall–Kier alpha value is -2.66. The first kappa shape index (κ1) is 38.2. The maximum absolute atomic E-state index is 17.6. The maximum atomic E-state index is 17.6. The van der Waals surface area contributed by atoms with Crippen LogP contribution in [0.3, 0.4) is 0 Å². The molecule has 0 aromatic heterocycles. The van der Waals surface area contributed by atoms with Crippen molar-refractivity contribution in [3.8, 4) is 0 Å². The van der Waals surface area contributed by atoms with E-state index in [2.05, 4.69) is 0 Å². The molecule has 6 fully saturated rings. The molecule has 10 heteroatoms. The largest absolute Gasteiger partial charge is 0.390 e. The van der Waals surface area contributed by atoms with Crippen molar-refractivity contribution in [1.82, 2.24) is 0 Å². The predicted molar refractivity (Wildman–Crippen MR) is 195 cm³/mol. The van der Waals surface area contributed by atoms with Gasteiger partial charge in [0.1, 0.15) is 11.2 Å². The van der Waals surface area contributed by atoms with E-state index in [-0.39, 0.29) is 37.2 Å². The number of ketones is 4. The molecule has 16 atom stereocenters. The first-order valence-electron chi connectivity index (χ1n) is 20.2. The van der Waals surface area contributed by atoms with Crippen molar-refractivity contribution in [1.29, 1.82) is 0 Å². The van der Waals surface area contributed by atoms with E-state index < -0.39 is 103 Å². The van der Waals surface area contributed by atoms with Crippen molar-refractivity contribution < 1.29 is 48.4 Å². The number of hydrogen-bond acceptors (Lipinski definition) is 8. The zero-order valence-corrected chi connectivity index (χ0v) is 32.3. The highest BCUT2D eigenvalue weighted by Crippen LogP contribution is 2.73. The SMILES string of the molecule is C[C@@H]1CC2C3CCC4=CC(=O)C=C[C@]4(C)[C@@]3(F)[C@@H](O)C[C@]2(C)[C@@]1(O)C(=O)CCC(=O)[C@]1(O)[C@@H](C)CC2C3CCC4=CC(=O)C=C[C@@]4(C)[C@]3(F)[C@H](O)C[C@]21C. The third kappa shape index (κ3) is 4.17. The van der Waals surface area contributed by atoms with E-state index in [9.17, 15) is 39.6 Å². The molecule has 0 amide bonds. The summed E-state index contributed by atoms with van der Waals surface area (Å²) in [6, 6.07) is 0. The van der Waals surface area contributed by atoms with Crippen LogP contribution in [0.1, 0.15) is 106 Å². The summed E-state index contributed by atoms with van der Waals surface area (Å²) in [5, 5.41) is 48.5. The summed E-state index contributed by atoms with van der Waals surface area (Å²) in [7, 11) is 0. The lowest BCUT2D eigenvalue weighted by Gasteiger charge is -2.62. The van der Waals surface area contributed by atoms with Crippen LogP contribution >= 0.6 is 0 Å². The van der Waals surface area contributed by atoms with Crippen molar-refractivity contribution in [3.05, 3.63) is 47.6 Å². The number of carbonyl (C=O) groups excluding carboxylic acids is 4. The van der Waals surface area contributed by atoms with Gasteiger partial charge in [-0.05, 0) is 113 Å². The molecule has 54 heavy (non-hydrogen) atoms. The molecule has 0 radical (unpaired) electrons. The van der Waals surface area contributed by atoms with Crippen molar-refractivity contribution in [2.24, 2.45) is 57.2 Å². The molecule has 294 valence electrons. The van der Waals surface area contributed by atoms with Gasteiger partial charge >= 0.3 is 0 Å². The van der Waals surface area contributed by atoms with Crippen molar-refractivity contribution >= 4 is 23.1 Å². The number of allylic oxidation sites excluding steroid dienone is 8. The van der Waals surface area contributed by atoms with E-state index in [4.69, 9.17) is 0 Å². The molecule has 6 saturated carbocycles. The second kappa shape index (κ2) is 11.5. The van der Waals surface area contributed by atoms with Crippen molar-refractivity contribution in [2.75, 3.05) is 0 Å². The molecule has 0 aromatic rings. The number of halogens is 2. The smallest absolute Gasteiger partial charge is 0.178 e. The summed E-state index contributed by atoms with van der Waals surface area (Å²) < 4.78 is 35.3. The lowest BCUT2D eigenvalue weighted by molar-refractivity contribution is -0.220. The highest BCUT2D eigenvalue weighted by Gasteiger charge is 2.77. The Labute approximate surface area is 316 Å². The number of alkyl halides is 2. The fraction of sp³-hybridized carbons (Fsp3) is 0.727. The van der Waals surface area contributed by atoms with Gasteiger partial charge in [0.15, 0.2) is 34.5 Å². The Kier molecular flexibility index (Phi) is 8.12. The standard InChI is InChI=1S/C44H56F2O8/c1-23-17-31-29-9-7-25-19-27(47)13-15-37(25,3)41(29,45)35(51)21-39(31,5)43(23,53)33(49)11-12-34(50)44(54)24(2)18-32-30-10-8-26-20-28(48)14-16-38(26,4)42(30,46)36(52)22-40(32,44)6/h13-16,19-20,23-24,29-32,35-36,51-54H,7-12,17-18,21-22H2,1-6H3/t23-,24+,29?,30?,31?,32?,35+,36-,37+,38-,39+,40-,41+,42-,43+,44-. The zero-order chi connectivity index (χ0) is 39.4. The highest BCUT2D eigenvalue weighted by atomic mass is 19.1. The second-order valence-electron chi connectivity index (χ2n) is 19.7. The Balaban J connectivity index is 1.04. The summed E-state index contributed by atoms with van der Waals surface area (Å²) in [5.74, 6) is -5.08. The first-order chi connectivity index (χ1) is 25.0. The van der Waals surface area contributed by atoms with Gasteiger partial charge in [-0.25, -0.2) is 8.78 Å². The molecule has 0 spiro atoms. The van der Waals surface area contributed by atoms with Crippen LogP contribution < -0.4 is 0 Å². The second-order valence-corrected chi connectivity index (χ2v) is 19.7. The Morgan fingerprint density at radius 1 is 0.667 bits per heavy atom. The Bertz CT molecular complexity index is 1740. The van der Waals surface area contributed by atoms with E-state index in [1.54, 1.807) is 53.7 Å². The minimum Gasteiger partial charge on any atom is -0.390 e. The molecule has 8 nitrogen and oxygen atoms in total. The summed E-state index contributed by atoms with van der Waals surface area (Å²) in [5.41, 5.74) is -11.7. The molecule has 8 aliphatic rings. The zero-order valence-electron chi connectivity index (χ0n) is 32.3. The lowest BCUT2D eigenvalue weighted by atomic mass is 9.44. The van der Waals surface area contributed by atoms with Crippen LogP contribution in [-0.2, 0) is 19.2 Å². The van der Waals surface area contributed by atoms with Gasteiger partial charge in [-0.2, -0.15) is 0 Å². The molecular formula is C44H56F2O8. The number of aliphatic hydroxyl groups excluding tert-OH is 2. The minimum absolute atomic E-state index is 0.181. The molecule has 0 bridgehead atoms. The Morgan fingerprint density at radius 2 is 1.02 bits per heavy atom. The number of hydrogen-bond donors (Lipinski definition) is 4. The number of aliphatic hydroxyl groups is 4. The monoisotopic (exact) mass is 750 g/mol. The van der Waals surface area contributed by atoms with Gasteiger partial charge in [-0.15, -0.1) is 0 Å². The van der Waals surface area contributed by atoms with Crippen LogP contribution in [0.5, 0.6) is 0 Å². The molecule has 8 aliphatic carbocycles. The summed E-state index contributed by atoms with van der Waals surface area (Å²) in [4.78, 5) is 53.2. The van der Waals surface area contributed by atoms with Crippen LogP contribution in [-0.4, -0.2) is 78.3 Å². The number of carbonyl (C=O) groups is 4. The van der Waals surface area contributed by atoms with E-state index in [0.717, 1.165) is 0 Å². The maximum Gasteiger partial charge on any atom is 0.178 e. The molecule has 4 N–H and O–H groups in total. The fourth-order valence-corrected chi connectivity index (χ4v) is 14.9. The van der Waals surface area contributed by atoms with Gasteiger partial charge in [0.2, 0.25) is 0 Å². The van der Waals surface area contributed by atoms with Crippen molar-refractivity contribution in [2.45, 2.75) is 140 Å². The normalized spacial score (nSPS) is 54.4. The average molecular weight is 751 g/mol. The van der Waals surface area contributed by atoms with E-state index in [1.165, 1.54) is 24.3 Å². The summed E-state index contributed by atoms with van der Waals surface area (Å²) in [6.07, 6.45) is 6.93. The third-order valence-electron chi connectivity index (χ3n) is 17.9. The molecule has 0 saturated heterocycles. The Morgan fingerprint density at radius 3 is 1.37 bits per heavy atom. The predicted octanol–water partition coefficient (Wildman–Crippen LogP) is 5.60. The summed E-state index contributed by atoms with van der Waals surface area (Å²) in [6.45, 7) is 10.5. The van der Waals surface area contributed by atoms with E-state index in [0.29, 0.717) is 49.7 Å². The van der Waals surface area contributed by atoms with Crippen LogP contribution in [0.2, 0.25) is 0 Å². The minimum atomic E-state index is -2.11. The average Bonchev–Trinajstić information content (AvgIpc) is 3.44. The van der Waals surface area contributed by atoms with Gasteiger partial charge in [0.25, 0.3) is 0 Å². The third-order valence-corrected chi connectivity index (χ3v) is 17.9. The topological polar surface area (TPSA) is 149 Å².